The summed E-state index contributed by atoms with van der Waals surface area (Å²) in [7, 11) is 0. The van der Waals surface area contributed by atoms with E-state index in [1.807, 2.05) is 33.3 Å². The van der Waals surface area contributed by atoms with E-state index in [2.05, 4.69) is 37.8 Å². The third-order valence-corrected chi connectivity index (χ3v) is 3.65. The van der Waals surface area contributed by atoms with Crippen LogP contribution in [0.2, 0.25) is 0 Å². The van der Waals surface area contributed by atoms with Gasteiger partial charge in [0, 0.05) is 6.20 Å². The van der Waals surface area contributed by atoms with Crippen molar-refractivity contribution in [2.24, 2.45) is 0 Å². The predicted molar refractivity (Wildman–Crippen MR) is 86.9 cm³/mol. The van der Waals surface area contributed by atoms with Crippen molar-refractivity contribution in [2.75, 3.05) is 13.1 Å². The number of hydrogen-bond donors (Lipinski definition) is 1. The van der Waals surface area contributed by atoms with Gasteiger partial charge in [0.25, 0.3) is 6.47 Å². The topological polar surface area (TPSA) is 55.6 Å². The Morgan fingerprint density at radius 3 is 2.68 bits per heavy atom. The van der Waals surface area contributed by atoms with E-state index in [-0.39, 0.29) is 5.60 Å². The number of hydrogen-bond acceptors (Lipinski definition) is 4. The van der Waals surface area contributed by atoms with Crippen LogP contribution in [0.15, 0.2) is 30.9 Å². The number of rotatable bonds is 2. The van der Waals surface area contributed by atoms with E-state index in [1.54, 1.807) is 0 Å². The van der Waals surface area contributed by atoms with Gasteiger partial charge in [0.1, 0.15) is 5.60 Å². The minimum absolute atomic E-state index is 0.318. The molecule has 0 unspecified atom stereocenters. The zero-order chi connectivity index (χ0) is 16.0. The van der Waals surface area contributed by atoms with Gasteiger partial charge in [-0.1, -0.05) is 0 Å². The zero-order valence-electron chi connectivity index (χ0n) is 13.6. The number of imidazole rings is 1. The van der Waals surface area contributed by atoms with E-state index in [1.165, 1.54) is 23.9 Å². The Morgan fingerprint density at radius 1 is 1.36 bits per heavy atom. The standard InChI is InChI=1S/C12H15N3.C5H10O2/c1-4-13-5-2-10(1)11-3-6-15-9-14-8-12(15)7-11;1-5(2,3)7-4-6/h3,6-10,13H,1-2,4-5H2;4H,1-3H3. The summed E-state index contributed by atoms with van der Waals surface area (Å²) in [6.45, 7) is 8.22. The smallest absolute Gasteiger partial charge is 0.293 e. The number of carbonyl (C=O) groups is 1. The second-order valence-electron chi connectivity index (χ2n) is 6.54. The molecule has 0 amide bonds. The molecule has 120 valence electrons. The lowest BCUT2D eigenvalue weighted by atomic mass is 9.91. The number of pyridine rings is 1. The van der Waals surface area contributed by atoms with Crippen molar-refractivity contribution in [3.8, 4) is 0 Å². The highest BCUT2D eigenvalue weighted by molar-refractivity contribution is 5.47. The fourth-order valence-electron chi connectivity index (χ4n) is 2.49. The molecule has 0 saturated carbocycles. The number of nitrogens with one attached hydrogen (secondary N) is 1. The Bertz CT molecular complexity index is 595. The van der Waals surface area contributed by atoms with Crippen molar-refractivity contribution in [2.45, 2.75) is 45.1 Å². The summed E-state index contributed by atoms with van der Waals surface area (Å²) in [4.78, 5) is 13.7. The summed E-state index contributed by atoms with van der Waals surface area (Å²) in [5.41, 5.74) is 2.34. The molecule has 2 aromatic rings. The highest BCUT2D eigenvalue weighted by Crippen LogP contribution is 2.25. The maximum absolute atomic E-state index is 9.60. The summed E-state index contributed by atoms with van der Waals surface area (Å²) in [5.74, 6) is 0.728. The molecule has 2 aromatic heterocycles. The summed E-state index contributed by atoms with van der Waals surface area (Å²) < 4.78 is 6.61. The molecule has 1 aliphatic heterocycles. The SMILES string of the molecule is CC(C)(C)OC=O.c1cn2cncc2cc1C1CCNCC1. The van der Waals surface area contributed by atoms with Gasteiger partial charge in [-0.05, 0) is 70.3 Å². The molecule has 1 N–H and O–H groups in total. The van der Waals surface area contributed by atoms with Crippen LogP contribution in [0, 0.1) is 0 Å². The van der Waals surface area contributed by atoms with Gasteiger partial charge in [-0.15, -0.1) is 0 Å². The van der Waals surface area contributed by atoms with Crippen molar-refractivity contribution in [3.05, 3.63) is 36.4 Å². The fourth-order valence-corrected chi connectivity index (χ4v) is 2.49. The summed E-state index contributed by atoms with van der Waals surface area (Å²) in [6.07, 6.45) is 8.39. The Kier molecular flexibility index (Phi) is 5.55. The first-order chi connectivity index (χ1) is 10.5. The molecule has 22 heavy (non-hydrogen) atoms. The molecule has 5 heteroatoms. The van der Waals surface area contributed by atoms with Crippen molar-refractivity contribution in [1.29, 1.82) is 0 Å². The number of nitrogens with zero attached hydrogens (tertiary/aromatic N) is 2. The summed E-state index contributed by atoms with van der Waals surface area (Å²) >= 11 is 0. The van der Waals surface area contributed by atoms with Gasteiger partial charge in [-0.25, -0.2) is 4.98 Å². The lowest BCUT2D eigenvalue weighted by Gasteiger charge is -2.22. The van der Waals surface area contributed by atoms with Crippen LogP contribution in [0.4, 0.5) is 0 Å². The van der Waals surface area contributed by atoms with Crippen LogP contribution >= 0.6 is 0 Å². The zero-order valence-corrected chi connectivity index (χ0v) is 13.6. The van der Waals surface area contributed by atoms with Crippen LogP contribution in [0.25, 0.3) is 5.52 Å². The third kappa shape index (κ3) is 4.84. The van der Waals surface area contributed by atoms with Gasteiger partial charge in [-0.2, -0.15) is 0 Å². The minimum atomic E-state index is -0.318. The van der Waals surface area contributed by atoms with Crippen LogP contribution < -0.4 is 5.32 Å². The van der Waals surface area contributed by atoms with E-state index in [9.17, 15) is 4.79 Å². The quantitative estimate of drug-likeness (QED) is 0.867. The molecule has 0 atom stereocenters. The molecule has 0 bridgehead atoms. The van der Waals surface area contributed by atoms with Crippen molar-refractivity contribution < 1.29 is 9.53 Å². The number of piperidine rings is 1. The van der Waals surface area contributed by atoms with Crippen LogP contribution in [0.1, 0.15) is 45.1 Å². The highest BCUT2D eigenvalue weighted by Gasteiger charge is 2.15. The van der Waals surface area contributed by atoms with Crippen LogP contribution in [-0.4, -0.2) is 34.5 Å². The van der Waals surface area contributed by atoms with E-state index >= 15 is 0 Å². The van der Waals surface area contributed by atoms with Gasteiger partial charge < -0.3 is 14.5 Å². The Hall–Kier alpha value is -1.88. The first kappa shape index (κ1) is 16.5. The lowest BCUT2D eigenvalue weighted by Crippen LogP contribution is -2.26. The molecule has 1 aliphatic rings. The predicted octanol–water partition coefficient (Wildman–Crippen LogP) is 2.76. The van der Waals surface area contributed by atoms with Crippen molar-refractivity contribution in [1.82, 2.24) is 14.7 Å². The number of ether oxygens (including phenoxy) is 1. The Labute approximate surface area is 131 Å². The Morgan fingerprint density at radius 2 is 2.09 bits per heavy atom. The molecule has 0 aromatic carbocycles. The second kappa shape index (κ2) is 7.40. The molecule has 3 heterocycles. The average Bonchev–Trinajstić information content (AvgIpc) is 2.95. The molecular weight excluding hydrogens is 278 g/mol. The van der Waals surface area contributed by atoms with Crippen molar-refractivity contribution in [3.63, 3.8) is 0 Å². The third-order valence-electron chi connectivity index (χ3n) is 3.65. The molecule has 1 saturated heterocycles. The van der Waals surface area contributed by atoms with Crippen molar-refractivity contribution >= 4 is 12.0 Å². The normalized spacial score (nSPS) is 16.0. The number of fused-ring (bicyclic) bond motifs is 1. The molecule has 1 fully saturated rings. The van der Waals surface area contributed by atoms with Gasteiger partial charge in [0.2, 0.25) is 0 Å². The second-order valence-corrected chi connectivity index (χ2v) is 6.54. The molecule has 0 aliphatic carbocycles. The number of aromatic nitrogens is 2. The fraction of sp³-hybridized carbons (Fsp3) is 0.529. The van der Waals surface area contributed by atoms with Gasteiger partial charge >= 0.3 is 0 Å². The van der Waals surface area contributed by atoms with Gasteiger partial charge in [-0.3, -0.25) is 4.79 Å². The van der Waals surface area contributed by atoms with E-state index in [0.717, 1.165) is 19.0 Å². The maximum atomic E-state index is 9.60. The van der Waals surface area contributed by atoms with Crippen LogP contribution in [-0.2, 0) is 9.53 Å². The van der Waals surface area contributed by atoms with Gasteiger partial charge in [0.15, 0.2) is 0 Å². The maximum Gasteiger partial charge on any atom is 0.293 e. The monoisotopic (exact) mass is 303 g/mol. The number of carbonyl (C=O) groups excluding carboxylic acids is 1. The largest absolute Gasteiger partial charge is 0.462 e. The van der Waals surface area contributed by atoms with Crippen LogP contribution in [0.5, 0.6) is 0 Å². The van der Waals surface area contributed by atoms with E-state index in [4.69, 9.17) is 0 Å². The molecular formula is C17H25N3O2. The van der Waals surface area contributed by atoms with Gasteiger partial charge in [0.05, 0.1) is 18.0 Å². The minimum Gasteiger partial charge on any atom is -0.462 e. The first-order valence-corrected chi connectivity index (χ1v) is 7.73. The molecule has 3 rings (SSSR count). The van der Waals surface area contributed by atoms with Crippen LogP contribution in [0.3, 0.4) is 0 Å². The lowest BCUT2D eigenvalue weighted by molar-refractivity contribution is -0.138. The van der Waals surface area contributed by atoms with E-state index < -0.39 is 0 Å². The summed E-state index contributed by atoms with van der Waals surface area (Å²) in [6, 6.07) is 4.49. The highest BCUT2D eigenvalue weighted by atomic mass is 16.5. The summed E-state index contributed by atoms with van der Waals surface area (Å²) in [5, 5.41) is 3.40. The first-order valence-electron chi connectivity index (χ1n) is 7.73. The Balaban J connectivity index is 0.000000217. The van der Waals surface area contributed by atoms with E-state index in [0.29, 0.717) is 6.47 Å². The molecule has 0 spiro atoms. The molecule has 0 radical (unpaired) electrons. The average molecular weight is 303 g/mol. The molecule has 5 nitrogen and oxygen atoms in total.